The number of methoxy groups -OCH3 is 4. The van der Waals surface area contributed by atoms with Gasteiger partial charge >= 0.3 is 0 Å². The van der Waals surface area contributed by atoms with Gasteiger partial charge in [-0.15, -0.1) is 0 Å². The number of benzene rings is 3. The highest BCUT2D eigenvalue weighted by molar-refractivity contribution is 6.08. The Morgan fingerprint density at radius 1 is 0.909 bits per heavy atom. The number of hydrogen-bond acceptors (Lipinski definition) is 6. The van der Waals surface area contributed by atoms with E-state index in [4.69, 9.17) is 23.7 Å². The van der Waals surface area contributed by atoms with E-state index in [0.29, 0.717) is 23.7 Å². The lowest BCUT2D eigenvalue weighted by Crippen LogP contribution is -2.38. The quantitative estimate of drug-likeness (QED) is 0.297. The van der Waals surface area contributed by atoms with Gasteiger partial charge in [0, 0.05) is 34.1 Å². The Bertz CT molecular complexity index is 1910. The molecular formula is C38H36O6. The third-order valence-corrected chi connectivity index (χ3v) is 9.55. The van der Waals surface area contributed by atoms with E-state index in [1.165, 1.54) is 0 Å². The first-order valence-corrected chi connectivity index (χ1v) is 15.0. The van der Waals surface area contributed by atoms with Crippen LogP contribution in [0.15, 0.2) is 83.0 Å². The molecule has 7 rings (SSSR count). The Labute approximate surface area is 257 Å². The van der Waals surface area contributed by atoms with E-state index in [0.717, 1.165) is 74.1 Å². The Kier molecular flexibility index (Phi) is 6.56. The van der Waals surface area contributed by atoms with Crippen LogP contribution >= 0.6 is 0 Å². The lowest BCUT2D eigenvalue weighted by molar-refractivity contribution is 0.0956. The summed E-state index contributed by atoms with van der Waals surface area (Å²) in [5.74, 6) is 3.46. The average molecular weight is 589 g/mol. The maximum absolute atomic E-state index is 12.2. The molecule has 3 unspecified atom stereocenters. The largest absolute Gasteiger partial charge is 0.497 e. The van der Waals surface area contributed by atoms with Gasteiger partial charge in [0.1, 0.15) is 22.9 Å². The van der Waals surface area contributed by atoms with Crippen molar-refractivity contribution in [3.05, 3.63) is 105 Å². The van der Waals surface area contributed by atoms with Crippen LogP contribution in [0, 0.1) is 5.92 Å². The Hall–Kier alpha value is -4.60. The Morgan fingerprint density at radius 3 is 2.30 bits per heavy atom. The molecule has 6 heteroatoms. The van der Waals surface area contributed by atoms with E-state index in [2.05, 4.69) is 42.7 Å². The molecule has 224 valence electrons. The summed E-state index contributed by atoms with van der Waals surface area (Å²) in [6.45, 7) is 4.06. The third kappa shape index (κ3) is 3.92. The van der Waals surface area contributed by atoms with E-state index < -0.39 is 11.2 Å². The highest BCUT2D eigenvalue weighted by Crippen LogP contribution is 2.59. The molecule has 1 heterocycles. The lowest BCUT2D eigenvalue weighted by Gasteiger charge is -2.40. The van der Waals surface area contributed by atoms with Crippen LogP contribution in [0.2, 0.25) is 0 Å². The molecule has 0 saturated carbocycles. The van der Waals surface area contributed by atoms with Crippen LogP contribution in [-0.2, 0) is 15.9 Å². The van der Waals surface area contributed by atoms with Gasteiger partial charge in [-0.2, -0.15) is 0 Å². The molecule has 6 nitrogen and oxygen atoms in total. The third-order valence-electron chi connectivity index (χ3n) is 9.55. The van der Waals surface area contributed by atoms with Crippen molar-refractivity contribution in [2.75, 3.05) is 28.4 Å². The van der Waals surface area contributed by atoms with Gasteiger partial charge in [-0.3, -0.25) is 0 Å². The van der Waals surface area contributed by atoms with Crippen molar-refractivity contribution in [2.45, 2.75) is 44.3 Å². The van der Waals surface area contributed by atoms with Crippen LogP contribution in [0.1, 0.15) is 55.4 Å². The molecule has 1 aliphatic heterocycles. The van der Waals surface area contributed by atoms with Crippen LogP contribution in [-0.4, -0.2) is 33.5 Å². The predicted molar refractivity (Wildman–Crippen MR) is 171 cm³/mol. The monoisotopic (exact) mass is 588 g/mol. The zero-order valence-corrected chi connectivity index (χ0v) is 26.0. The fourth-order valence-electron chi connectivity index (χ4n) is 7.39. The molecule has 3 aliphatic carbocycles. The minimum atomic E-state index is -1.16. The van der Waals surface area contributed by atoms with Gasteiger partial charge in [0.05, 0.1) is 28.4 Å². The van der Waals surface area contributed by atoms with Crippen molar-refractivity contribution < 1.29 is 28.8 Å². The molecule has 0 radical (unpaired) electrons. The number of aliphatic hydroxyl groups is 1. The molecule has 4 aliphatic rings. The first-order valence-electron chi connectivity index (χ1n) is 15.0. The zero-order valence-electron chi connectivity index (χ0n) is 26.0. The molecule has 0 amide bonds. The van der Waals surface area contributed by atoms with Crippen molar-refractivity contribution in [1.29, 1.82) is 0 Å². The fourth-order valence-corrected chi connectivity index (χ4v) is 7.39. The van der Waals surface area contributed by atoms with Crippen molar-refractivity contribution in [3.8, 4) is 23.0 Å². The zero-order chi connectivity index (χ0) is 30.8. The predicted octanol–water partition coefficient (Wildman–Crippen LogP) is 7.74. The van der Waals surface area contributed by atoms with Crippen molar-refractivity contribution >= 4 is 22.4 Å². The highest BCUT2D eigenvalue weighted by atomic mass is 16.5. The summed E-state index contributed by atoms with van der Waals surface area (Å²) in [7, 11) is 6.60. The molecule has 0 bridgehead atoms. The molecule has 3 aromatic carbocycles. The van der Waals surface area contributed by atoms with Gasteiger partial charge in [-0.05, 0) is 83.9 Å². The summed E-state index contributed by atoms with van der Waals surface area (Å²) in [4.78, 5) is 0. The van der Waals surface area contributed by atoms with Gasteiger partial charge in [0.25, 0.3) is 0 Å². The maximum Gasteiger partial charge on any atom is 0.182 e. The van der Waals surface area contributed by atoms with Gasteiger partial charge in [0.15, 0.2) is 17.1 Å². The van der Waals surface area contributed by atoms with Crippen LogP contribution in [0.25, 0.3) is 22.4 Å². The molecule has 0 fully saturated rings. The van der Waals surface area contributed by atoms with E-state index in [-0.39, 0.29) is 5.92 Å². The summed E-state index contributed by atoms with van der Waals surface area (Å²) < 4.78 is 29.9. The summed E-state index contributed by atoms with van der Waals surface area (Å²) >= 11 is 0. The molecular weight excluding hydrogens is 552 g/mol. The van der Waals surface area contributed by atoms with Gasteiger partial charge in [-0.25, -0.2) is 0 Å². The van der Waals surface area contributed by atoms with Gasteiger partial charge in [-0.1, -0.05) is 43.0 Å². The lowest BCUT2D eigenvalue weighted by atomic mass is 9.75. The van der Waals surface area contributed by atoms with Gasteiger partial charge in [0.2, 0.25) is 0 Å². The second kappa shape index (κ2) is 10.2. The number of hydrogen-bond donors (Lipinski definition) is 1. The molecule has 3 atom stereocenters. The summed E-state index contributed by atoms with van der Waals surface area (Å²) in [5.41, 5.74) is 11.2. The van der Waals surface area contributed by atoms with E-state index in [1.807, 2.05) is 43.3 Å². The summed E-state index contributed by atoms with van der Waals surface area (Å²) in [6.07, 6.45) is 10.9. The van der Waals surface area contributed by atoms with Gasteiger partial charge < -0.3 is 28.8 Å². The van der Waals surface area contributed by atoms with Crippen LogP contribution in [0.3, 0.4) is 0 Å². The first kappa shape index (κ1) is 28.2. The highest BCUT2D eigenvalue weighted by Gasteiger charge is 2.48. The van der Waals surface area contributed by atoms with Crippen molar-refractivity contribution in [1.82, 2.24) is 0 Å². The maximum atomic E-state index is 12.2. The topological polar surface area (TPSA) is 66.4 Å². The van der Waals surface area contributed by atoms with E-state index in [9.17, 15) is 5.11 Å². The second-order valence-corrected chi connectivity index (χ2v) is 11.9. The molecule has 0 spiro atoms. The van der Waals surface area contributed by atoms with Crippen molar-refractivity contribution in [3.63, 3.8) is 0 Å². The Balaban J connectivity index is 1.57. The molecule has 3 aromatic rings. The molecule has 44 heavy (non-hydrogen) atoms. The van der Waals surface area contributed by atoms with E-state index >= 15 is 0 Å². The van der Waals surface area contributed by atoms with Crippen LogP contribution in [0.4, 0.5) is 0 Å². The first-order chi connectivity index (χ1) is 21.3. The van der Waals surface area contributed by atoms with Crippen LogP contribution in [0.5, 0.6) is 23.0 Å². The molecule has 1 N–H and O–H groups in total. The summed E-state index contributed by atoms with van der Waals surface area (Å²) in [6, 6.07) is 12.0. The van der Waals surface area contributed by atoms with Crippen LogP contribution < -0.4 is 18.9 Å². The smallest absolute Gasteiger partial charge is 0.182 e. The standard InChI is InChI=1S/C38H36O6/c1-22-19-25(41-4)15-16-30(22)38(23-11-13-24(40-3)14-12-23)18-17-27-35-34(26-9-7-8-10-31(26)37(35,2)39)28-20-32(42-5)33(43-6)21-29(28)36(27)44-38/h7,9,11-14,17-18,20-22,39H,8,10,19H2,1-6H3. The minimum Gasteiger partial charge on any atom is -0.497 e. The number of fused-ring (bicyclic) bond motifs is 7. The number of ether oxygens (including phenoxy) is 5. The van der Waals surface area contributed by atoms with Crippen molar-refractivity contribution in [2.24, 2.45) is 5.92 Å². The molecule has 0 saturated heterocycles. The number of allylic oxidation sites excluding steroid dienone is 4. The minimum absolute atomic E-state index is 0.0528. The Morgan fingerprint density at radius 2 is 1.64 bits per heavy atom. The average Bonchev–Trinajstić information content (AvgIpc) is 3.30. The van der Waals surface area contributed by atoms with E-state index in [1.54, 1.807) is 28.4 Å². The normalized spacial score (nSPS) is 24.7. The second-order valence-electron chi connectivity index (χ2n) is 11.9. The SMILES string of the molecule is COC1=C=C=C(C2(c3ccc(OC)cc3)C=Cc3c4c(c5cc(OC)c(OC)cc5c3O2)C2=C(CCC=C2)C4(C)O)C(C)C1. The molecule has 0 aromatic heterocycles. The fraction of sp³-hybridized carbons (Fsp3) is 0.316. The summed E-state index contributed by atoms with van der Waals surface area (Å²) in [5, 5.41) is 14.1. The number of rotatable bonds is 6.